The van der Waals surface area contributed by atoms with Crippen LogP contribution < -0.4 is 15.4 Å². The van der Waals surface area contributed by atoms with Gasteiger partial charge in [-0.3, -0.25) is 9.59 Å². The number of rotatable bonds is 6. The Balaban J connectivity index is 1.90. The molecule has 1 heterocycles. The van der Waals surface area contributed by atoms with Gasteiger partial charge in [0.1, 0.15) is 11.7 Å². The van der Waals surface area contributed by atoms with E-state index >= 15 is 0 Å². The van der Waals surface area contributed by atoms with Crippen molar-refractivity contribution in [1.29, 1.82) is 0 Å². The monoisotopic (exact) mass is 432 g/mol. The zero-order chi connectivity index (χ0) is 22.1. The van der Waals surface area contributed by atoms with Crippen LogP contribution in [-0.2, 0) is 9.59 Å². The number of ether oxygens (including phenoxy) is 1. The number of alkyl halides is 4. The topological polar surface area (TPSA) is 67.4 Å². The highest BCUT2D eigenvalue weighted by atomic mass is 19.3. The lowest BCUT2D eigenvalue weighted by Crippen LogP contribution is -2.35. The second kappa shape index (κ2) is 8.25. The summed E-state index contributed by atoms with van der Waals surface area (Å²) in [5.41, 5.74) is -0.622. The van der Waals surface area contributed by atoms with E-state index < -0.39 is 59.3 Å². The predicted octanol–water partition coefficient (Wildman–Crippen LogP) is 3.67. The molecule has 2 N–H and O–H groups in total. The lowest BCUT2D eigenvalue weighted by atomic mass is 9.87. The van der Waals surface area contributed by atoms with E-state index in [0.717, 1.165) is 24.3 Å². The summed E-state index contributed by atoms with van der Waals surface area (Å²) < 4.78 is 83.1. The minimum atomic E-state index is -4.80. The lowest BCUT2D eigenvalue weighted by molar-refractivity contribution is -0.253. The first kappa shape index (κ1) is 21.5. The third-order valence-electron chi connectivity index (χ3n) is 4.49. The Hall–Kier alpha value is -3.24. The SMILES string of the molecule is O=C1NCC(c2ccccc2OC(F)(F)C(F)F)C1C(=O)Nc1cccc(F)c1F. The van der Waals surface area contributed by atoms with Crippen LogP contribution in [0.25, 0.3) is 0 Å². The summed E-state index contributed by atoms with van der Waals surface area (Å²) in [5, 5.41) is 4.45. The average Bonchev–Trinajstić information content (AvgIpc) is 3.07. The first-order valence-electron chi connectivity index (χ1n) is 8.58. The summed E-state index contributed by atoms with van der Waals surface area (Å²) in [7, 11) is 0. The molecular formula is C19H14F6N2O3. The van der Waals surface area contributed by atoms with Gasteiger partial charge in [0.25, 0.3) is 0 Å². The summed E-state index contributed by atoms with van der Waals surface area (Å²) in [4.78, 5) is 24.8. The molecule has 0 radical (unpaired) electrons. The summed E-state index contributed by atoms with van der Waals surface area (Å²) in [6, 6.07) is 7.90. The van der Waals surface area contributed by atoms with Crippen LogP contribution in [0.4, 0.5) is 32.0 Å². The molecule has 2 amide bonds. The number of hydrogen-bond acceptors (Lipinski definition) is 3. The van der Waals surface area contributed by atoms with E-state index in [4.69, 9.17) is 0 Å². The normalized spacial score (nSPS) is 19.0. The van der Waals surface area contributed by atoms with E-state index in [1.807, 2.05) is 0 Å². The third-order valence-corrected chi connectivity index (χ3v) is 4.49. The van der Waals surface area contributed by atoms with Gasteiger partial charge >= 0.3 is 12.5 Å². The second-order valence-corrected chi connectivity index (χ2v) is 6.42. The van der Waals surface area contributed by atoms with Crippen molar-refractivity contribution in [2.24, 2.45) is 5.92 Å². The number of para-hydroxylation sites is 1. The van der Waals surface area contributed by atoms with Crippen molar-refractivity contribution in [3.63, 3.8) is 0 Å². The minimum Gasteiger partial charge on any atom is -0.428 e. The van der Waals surface area contributed by atoms with Crippen LogP contribution in [0.5, 0.6) is 5.75 Å². The molecule has 2 aromatic carbocycles. The molecule has 1 aliphatic rings. The fourth-order valence-electron chi connectivity index (χ4n) is 3.09. The Labute approximate surface area is 166 Å². The lowest BCUT2D eigenvalue weighted by Gasteiger charge is -2.23. The molecule has 1 saturated heterocycles. The molecule has 2 atom stereocenters. The van der Waals surface area contributed by atoms with Gasteiger partial charge < -0.3 is 15.4 Å². The number of carbonyl (C=O) groups is 2. The van der Waals surface area contributed by atoms with E-state index in [1.54, 1.807) is 0 Å². The van der Waals surface area contributed by atoms with Crippen LogP contribution >= 0.6 is 0 Å². The molecule has 0 aromatic heterocycles. The number of benzene rings is 2. The molecule has 0 saturated carbocycles. The highest BCUT2D eigenvalue weighted by Gasteiger charge is 2.46. The van der Waals surface area contributed by atoms with Gasteiger partial charge in [0.2, 0.25) is 11.8 Å². The molecule has 30 heavy (non-hydrogen) atoms. The Morgan fingerprint density at radius 1 is 1.13 bits per heavy atom. The standard InChI is InChI=1S/C19H14F6N2O3/c20-11-5-3-6-12(15(11)21)27-17(29)14-10(8-26-16(14)28)9-4-1-2-7-13(9)30-19(24,25)18(22)23/h1-7,10,14,18H,8H2,(H,26,28)(H,27,29). The number of anilines is 1. The Kier molecular flexibility index (Phi) is 5.90. The number of carbonyl (C=O) groups excluding carboxylic acids is 2. The molecular weight excluding hydrogens is 418 g/mol. The van der Waals surface area contributed by atoms with Crippen LogP contribution in [-0.4, -0.2) is 30.9 Å². The van der Waals surface area contributed by atoms with Crippen molar-refractivity contribution < 1.29 is 40.7 Å². The molecule has 160 valence electrons. The molecule has 1 aliphatic heterocycles. The molecule has 1 fully saturated rings. The van der Waals surface area contributed by atoms with E-state index in [0.29, 0.717) is 0 Å². The maximum absolute atomic E-state index is 13.8. The molecule has 2 aromatic rings. The van der Waals surface area contributed by atoms with Crippen LogP contribution in [0, 0.1) is 17.6 Å². The molecule has 2 unspecified atom stereocenters. The van der Waals surface area contributed by atoms with Crippen molar-refractivity contribution in [3.8, 4) is 5.75 Å². The van der Waals surface area contributed by atoms with E-state index in [2.05, 4.69) is 15.4 Å². The maximum atomic E-state index is 13.8. The van der Waals surface area contributed by atoms with Crippen molar-refractivity contribution in [2.45, 2.75) is 18.5 Å². The summed E-state index contributed by atoms with van der Waals surface area (Å²) in [5.74, 6) is -7.66. The summed E-state index contributed by atoms with van der Waals surface area (Å²) in [6.07, 6.45) is -8.90. The minimum absolute atomic E-state index is 0.101. The van der Waals surface area contributed by atoms with Crippen LogP contribution in [0.1, 0.15) is 11.5 Å². The number of hydrogen-bond donors (Lipinski definition) is 2. The predicted molar refractivity (Wildman–Crippen MR) is 92.2 cm³/mol. The van der Waals surface area contributed by atoms with Gasteiger partial charge in [-0.05, 0) is 18.2 Å². The molecule has 5 nitrogen and oxygen atoms in total. The first-order valence-corrected chi connectivity index (χ1v) is 8.58. The van der Waals surface area contributed by atoms with Crippen LogP contribution in [0.15, 0.2) is 42.5 Å². The van der Waals surface area contributed by atoms with Gasteiger partial charge in [0.15, 0.2) is 11.6 Å². The number of amides is 2. The van der Waals surface area contributed by atoms with Gasteiger partial charge in [0.05, 0.1) is 5.69 Å². The van der Waals surface area contributed by atoms with E-state index in [-0.39, 0.29) is 12.1 Å². The molecule has 11 heteroatoms. The largest absolute Gasteiger partial charge is 0.461 e. The Morgan fingerprint density at radius 2 is 1.83 bits per heavy atom. The van der Waals surface area contributed by atoms with Crippen molar-refractivity contribution in [3.05, 3.63) is 59.7 Å². The van der Waals surface area contributed by atoms with Crippen LogP contribution in [0.3, 0.4) is 0 Å². The molecule has 0 spiro atoms. The highest BCUT2D eigenvalue weighted by molar-refractivity contribution is 6.08. The third kappa shape index (κ3) is 4.19. The number of halogens is 6. The summed E-state index contributed by atoms with van der Waals surface area (Å²) >= 11 is 0. The Morgan fingerprint density at radius 3 is 2.53 bits per heavy atom. The van der Waals surface area contributed by atoms with E-state index in [1.165, 1.54) is 18.2 Å². The fourth-order valence-corrected chi connectivity index (χ4v) is 3.09. The van der Waals surface area contributed by atoms with Crippen molar-refractivity contribution >= 4 is 17.5 Å². The first-order chi connectivity index (χ1) is 14.1. The average molecular weight is 432 g/mol. The van der Waals surface area contributed by atoms with Gasteiger partial charge in [-0.2, -0.15) is 17.6 Å². The van der Waals surface area contributed by atoms with Crippen LogP contribution in [0.2, 0.25) is 0 Å². The zero-order valence-corrected chi connectivity index (χ0v) is 15.0. The van der Waals surface area contributed by atoms with Gasteiger partial charge in [-0.1, -0.05) is 24.3 Å². The fraction of sp³-hybridized carbons (Fsp3) is 0.263. The van der Waals surface area contributed by atoms with E-state index in [9.17, 15) is 35.9 Å². The smallest absolute Gasteiger partial charge is 0.428 e. The summed E-state index contributed by atoms with van der Waals surface area (Å²) in [6.45, 7) is -0.191. The van der Waals surface area contributed by atoms with Crippen molar-refractivity contribution in [1.82, 2.24) is 5.32 Å². The highest BCUT2D eigenvalue weighted by Crippen LogP contribution is 2.38. The quantitative estimate of drug-likeness (QED) is 0.541. The second-order valence-electron chi connectivity index (χ2n) is 6.42. The molecule has 0 aliphatic carbocycles. The van der Waals surface area contributed by atoms with Gasteiger partial charge in [-0.15, -0.1) is 0 Å². The maximum Gasteiger partial charge on any atom is 0.461 e. The Bertz CT molecular complexity index is 969. The van der Waals surface area contributed by atoms with Gasteiger partial charge in [0, 0.05) is 18.0 Å². The zero-order valence-electron chi connectivity index (χ0n) is 15.0. The van der Waals surface area contributed by atoms with Crippen molar-refractivity contribution in [2.75, 3.05) is 11.9 Å². The molecule has 3 rings (SSSR count). The molecule has 0 bridgehead atoms. The number of nitrogens with one attached hydrogen (secondary N) is 2. The van der Waals surface area contributed by atoms with Gasteiger partial charge in [-0.25, -0.2) is 8.78 Å².